The molecule has 0 bridgehead atoms. The average molecular weight is 213 g/mol. The van der Waals surface area contributed by atoms with Crippen molar-refractivity contribution in [1.82, 2.24) is 0 Å². The van der Waals surface area contributed by atoms with Crippen molar-refractivity contribution in [2.75, 3.05) is 0 Å². The second kappa shape index (κ2) is 4.32. The number of hydrogen-bond acceptors (Lipinski definition) is 2. The largest absolute Gasteiger partial charge is 0.480 e. The normalized spacial score (nSPS) is 13.5. The van der Waals surface area contributed by atoms with Gasteiger partial charge in [0.15, 0.2) is 5.38 Å². The highest BCUT2D eigenvalue weighted by molar-refractivity contribution is 6.41. The van der Waals surface area contributed by atoms with Crippen molar-refractivity contribution in [3.63, 3.8) is 0 Å². The zero-order valence-corrected chi connectivity index (χ0v) is 7.22. The number of carboxylic acids is 1. The molecule has 13 heavy (non-hydrogen) atoms. The Morgan fingerprint density at radius 3 is 2.38 bits per heavy atom. The number of alkyl halides is 3. The zero-order chi connectivity index (χ0) is 10.6. The first-order chi connectivity index (χ1) is 5.83. The number of carboxylic acid groups (broad SMARTS) is 1. The summed E-state index contributed by atoms with van der Waals surface area (Å²) in [5.74, 6) is -7.36. The van der Waals surface area contributed by atoms with Crippen LogP contribution in [0.3, 0.4) is 0 Å². The molecule has 0 amide bonds. The summed E-state index contributed by atoms with van der Waals surface area (Å²) >= 11 is 4.92. The Morgan fingerprint density at radius 1 is 1.62 bits per heavy atom. The van der Waals surface area contributed by atoms with Gasteiger partial charge in [0, 0.05) is 6.42 Å². The maximum absolute atomic E-state index is 12.7. The molecule has 0 saturated carbocycles. The van der Waals surface area contributed by atoms with Crippen molar-refractivity contribution in [3.8, 4) is 0 Å². The van der Waals surface area contributed by atoms with Gasteiger partial charge in [0.2, 0.25) is 5.78 Å². The summed E-state index contributed by atoms with van der Waals surface area (Å²) in [5, 5.41) is 5.96. The molecule has 0 aromatic carbocycles. The molecule has 0 aromatic heterocycles. The third-order valence-corrected chi connectivity index (χ3v) is 1.59. The van der Waals surface area contributed by atoms with Crippen LogP contribution in [0.15, 0.2) is 12.7 Å². The zero-order valence-electron chi connectivity index (χ0n) is 6.47. The number of rotatable bonds is 5. The van der Waals surface area contributed by atoms with E-state index in [-0.39, 0.29) is 0 Å². The molecule has 0 heterocycles. The van der Waals surface area contributed by atoms with Crippen LogP contribution in [0, 0.1) is 0 Å². The molecule has 0 spiro atoms. The smallest absolute Gasteiger partial charge is 0.329 e. The van der Waals surface area contributed by atoms with E-state index in [1.165, 1.54) is 0 Å². The summed E-state index contributed by atoms with van der Waals surface area (Å²) in [4.78, 5) is 20.8. The molecule has 0 radical (unpaired) electrons. The van der Waals surface area contributed by atoms with E-state index in [0.29, 0.717) is 0 Å². The van der Waals surface area contributed by atoms with Crippen molar-refractivity contribution in [3.05, 3.63) is 12.7 Å². The number of halogens is 3. The van der Waals surface area contributed by atoms with Gasteiger partial charge in [-0.05, 0) is 0 Å². The lowest BCUT2D eigenvalue weighted by molar-refractivity contribution is -0.149. The standard InChI is InChI=1S/C7H7ClF2O3/c1-2-3-7(9,10)5(11)4(8)6(12)13/h2,4H,1,3H2,(H,12,13). The lowest BCUT2D eigenvalue weighted by Crippen LogP contribution is -2.38. The monoisotopic (exact) mass is 212 g/mol. The molecule has 0 saturated heterocycles. The highest BCUT2D eigenvalue weighted by atomic mass is 35.5. The molecule has 0 rings (SSSR count). The predicted molar refractivity (Wildman–Crippen MR) is 42.0 cm³/mol. The number of carbonyl (C=O) groups excluding carboxylic acids is 1. The van der Waals surface area contributed by atoms with Crippen LogP contribution in [0.4, 0.5) is 8.78 Å². The van der Waals surface area contributed by atoms with Crippen molar-refractivity contribution in [2.24, 2.45) is 0 Å². The molecule has 1 N–H and O–H groups in total. The fourth-order valence-electron chi connectivity index (χ4n) is 0.579. The molecule has 0 aliphatic heterocycles. The predicted octanol–water partition coefficient (Wildman–Crippen LogP) is 1.46. The summed E-state index contributed by atoms with van der Waals surface area (Å²) in [6, 6.07) is 0. The maximum atomic E-state index is 12.7. The van der Waals surface area contributed by atoms with E-state index < -0.39 is 29.5 Å². The van der Waals surface area contributed by atoms with E-state index in [4.69, 9.17) is 16.7 Å². The summed E-state index contributed by atoms with van der Waals surface area (Å²) in [5.41, 5.74) is 0. The van der Waals surface area contributed by atoms with Gasteiger partial charge in [-0.15, -0.1) is 18.2 Å². The van der Waals surface area contributed by atoms with E-state index >= 15 is 0 Å². The molecule has 3 nitrogen and oxygen atoms in total. The highest BCUT2D eigenvalue weighted by Gasteiger charge is 2.43. The van der Waals surface area contributed by atoms with Crippen LogP contribution in [0.1, 0.15) is 6.42 Å². The molecular formula is C7H7ClF2O3. The molecule has 0 fully saturated rings. The SMILES string of the molecule is C=CCC(F)(F)C(=O)C(Cl)C(=O)O. The van der Waals surface area contributed by atoms with Crippen LogP contribution < -0.4 is 0 Å². The Labute approximate surface area is 78.0 Å². The Bertz CT molecular complexity index is 240. The second-order valence-corrected chi connectivity index (χ2v) is 2.70. The van der Waals surface area contributed by atoms with Crippen LogP contribution in [0.25, 0.3) is 0 Å². The summed E-state index contributed by atoms with van der Waals surface area (Å²) in [7, 11) is 0. The Hall–Kier alpha value is -0.970. The van der Waals surface area contributed by atoms with Gasteiger partial charge >= 0.3 is 11.9 Å². The first kappa shape index (κ1) is 12.0. The van der Waals surface area contributed by atoms with Crippen LogP contribution in [0.2, 0.25) is 0 Å². The van der Waals surface area contributed by atoms with Crippen molar-refractivity contribution in [2.45, 2.75) is 17.7 Å². The van der Waals surface area contributed by atoms with Crippen LogP contribution in [-0.2, 0) is 9.59 Å². The minimum atomic E-state index is -3.76. The quantitative estimate of drug-likeness (QED) is 0.426. The maximum Gasteiger partial charge on any atom is 0.329 e. The van der Waals surface area contributed by atoms with Gasteiger partial charge in [-0.1, -0.05) is 6.08 Å². The van der Waals surface area contributed by atoms with E-state index in [1.807, 2.05) is 0 Å². The number of carbonyl (C=O) groups is 2. The minimum absolute atomic E-state index is 0.823. The van der Waals surface area contributed by atoms with Gasteiger partial charge < -0.3 is 5.11 Å². The molecule has 0 aromatic rings. The summed E-state index contributed by atoms with van der Waals surface area (Å²) < 4.78 is 25.3. The number of allylic oxidation sites excluding steroid dienone is 1. The first-order valence-corrected chi connectivity index (χ1v) is 3.66. The van der Waals surface area contributed by atoms with Gasteiger partial charge in [-0.25, -0.2) is 0 Å². The Morgan fingerprint density at radius 2 is 2.08 bits per heavy atom. The Kier molecular flexibility index (Phi) is 4.00. The summed E-state index contributed by atoms with van der Waals surface area (Å²) in [6.45, 7) is 3.01. The summed E-state index contributed by atoms with van der Waals surface area (Å²) in [6.07, 6.45) is -0.0916. The van der Waals surface area contributed by atoms with E-state index in [0.717, 1.165) is 6.08 Å². The topological polar surface area (TPSA) is 54.4 Å². The van der Waals surface area contributed by atoms with Crippen molar-refractivity contribution in [1.29, 1.82) is 0 Å². The van der Waals surface area contributed by atoms with Crippen molar-refractivity contribution >= 4 is 23.4 Å². The van der Waals surface area contributed by atoms with Crippen LogP contribution >= 0.6 is 11.6 Å². The first-order valence-electron chi connectivity index (χ1n) is 3.23. The van der Waals surface area contributed by atoms with Gasteiger partial charge in [-0.2, -0.15) is 8.78 Å². The number of aliphatic carboxylic acids is 1. The third-order valence-electron chi connectivity index (χ3n) is 1.21. The molecule has 0 aliphatic rings. The highest BCUT2D eigenvalue weighted by Crippen LogP contribution is 2.23. The van der Waals surface area contributed by atoms with E-state index in [9.17, 15) is 18.4 Å². The molecule has 0 aliphatic carbocycles. The number of hydrogen-bond donors (Lipinski definition) is 1. The molecule has 6 heteroatoms. The minimum Gasteiger partial charge on any atom is -0.480 e. The van der Waals surface area contributed by atoms with Gasteiger partial charge in [0.1, 0.15) is 0 Å². The van der Waals surface area contributed by atoms with E-state index in [1.54, 1.807) is 0 Å². The fraction of sp³-hybridized carbons (Fsp3) is 0.429. The molecule has 74 valence electrons. The van der Waals surface area contributed by atoms with Gasteiger partial charge in [0.25, 0.3) is 0 Å². The lowest BCUT2D eigenvalue weighted by Gasteiger charge is -2.13. The van der Waals surface area contributed by atoms with Gasteiger partial charge in [-0.3, -0.25) is 9.59 Å². The fourth-order valence-corrected chi connectivity index (χ4v) is 0.739. The molecule has 1 atom stereocenters. The van der Waals surface area contributed by atoms with Crippen LogP contribution in [0.5, 0.6) is 0 Å². The number of Topliss-reactive ketones (excluding diaryl/α,β-unsaturated/α-hetero) is 1. The van der Waals surface area contributed by atoms with Crippen molar-refractivity contribution < 1.29 is 23.5 Å². The average Bonchev–Trinajstić information content (AvgIpc) is 2.01. The molecule has 1 unspecified atom stereocenters. The number of ketones is 1. The third kappa shape index (κ3) is 3.10. The van der Waals surface area contributed by atoms with Crippen LogP contribution in [-0.4, -0.2) is 28.2 Å². The Balaban J connectivity index is 4.57. The molecular weight excluding hydrogens is 206 g/mol. The van der Waals surface area contributed by atoms with E-state index in [2.05, 4.69) is 6.58 Å². The second-order valence-electron chi connectivity index (χ2n) is 2.26. The lowest BCUT2D eigenvalue weighted by atomic mass is 10.1. The van der Waals surface area contributed by atoms with Gasteiger partial charge in [0.05, 0.1) is 0 Å².